The van der Waals surface area contributed by atoms with Crippen molar-refractivity contribution in [3.05, 3.63) is 29.2 Å². The molecule has 0 spiro atoms. The summed E-state index contributed by atoms with van der Waals surface area (Å²) in [6, 6.07) is 1.46. The molecule has 112 valence electrons. The summed E-state index contributed by atoms with van der Waals surface area (Å²) >= 11 is 0. The molecular formula is C14H19N5O2. The van der Waals surface area contributed by atoms with Crippen molar-refractivity contribution < 1.29 is 9.21 Å². The van der Waals surface area contributed by atoms with E-state index >= 15 is 0 Å². The van der Waals surface area contributed by atoms with E-state index in [0.717, 1.165) is 5.69 Å². The Bertz CT molecular complexity index is 641. The van der Waals surface area contributed by atoms with E-state index in [-0.39, 0.29) is 17.9 Å². The molecule has 1 atom stereocenters. The maximum atomic E-state index is 12.1. The Balaban J connectivity index is 1.64. The van der Waals surface area contributed by atoms with Crippen molar-refractivity contribution >= 4 is 5.91 Å². The van der Waals surface area contributed by atoms with Gasteiger partial charge in [0.1, 0.15) is 11.7 Å². The van der Waals surface area contributed by atoms with E-state index in [1.807, 2.05) is 26.8 Å². The van der Waals surface area contributed by atoms with Gasteiger partial charge in [-0.05, 0) is 25.8 Å². The van der Waals surface area contributed by atoms with Crippen LogP contribution in [0.15, 0.2) is 10.5 Å². The first-order valence-electron chi connectivity index (χ1n) is 7.24. The molecule has 2 aromatic heterocycles. The van der Waals surface area contributed by atoms with Crippen molar-refractivity contribution in [1.29, 1.82) is 0 Å². The fourth-order valence-corrected chi connectivity index (χ4v) is 2.04. The van der Waals surface area contributed by atoms with Gasteiger partial charge in [0.15, 0.2) is 0 Å². The first-order valence-corrected chi connectivity index (χ1v) is 7.24. The predicted molar refractivity (Wildman–Crippen MR) is 74.8 cm³/mol. The van der Waals surface area contributed by atoms with Crippen LogP contribution in [0, 0.1) is 0 Å². The van der Waals surface area contributed by atoms with Crippen molar-refractivity contribution in [1.82, 2.24) is 25.7 Å². The van der Waals surface area contributed by atoms with E-state index in [4.69, 9.17) is 4.42 Å². The molecule has 0 bridgehead atoms. The minimum absolute atomic E-state index is 0.168. The molecule has 0 aromatic carbocycles. The van der Waals surface area contributed by atoms with Gasteiger partial charge >= 0.3 is 0 Å². The fraction of sp³-hybridized carbons (Fsp3) is 0.571. The van der Waals surface area contributed by atoms with E-state index in [9.17, 15) is 4.79 Å². The highest BCUT2D eigenvalue weighted by atomic mass is 16.4. The molecule has 1 saturated carbocycles. The number of carbonyl (C=O) groups excluding carboxylic acids is 1. The molecule has 2 aromatic rings. The van der Waals surface area contributed by atoms with Gasteiger partial charge in [-0.2, -0.15) is 5.10 Å². The number of carbonyl (C=O) groups is 1. The number of hydrogen-bond donors (Lipinski definition) is 2. The average Bonchev–Trinajstić information content (AvgIpc) is 3.00. The highest BCUT2D eigenvalue weighted by molar-refractivity contribution is 5.92. The lowest BCUT2D eigenvalue weighted by atomic mass is 10.2. The van der Waals surface area contributed by atoms with Gasteiger partial charge in [-0.1, -0.05) is 13.8 Å². The van der Waals surface area contributed by atoms with Crippen LogP contribution in [-0.2, 0) is 0 Å². The molecule has 2 heterocycles. The third-order valence-corrected chi connectivity index (χ3v) is 3.52. The van der Waals surface area contributed by atoms with Crippen LogP contribution in [0.4, 0.5) is 0 Å². The van der Waals surface area contributed by atoms with Gasteiger partial charge in [0.2, 0.25) is 11.8 Å². The van der Waals surface area contributed by atoms with E-state index in [1.165, 1.54) is 12.8 Å². The van der Waals surface area contributed by atoms with Gasteiger partial charge in [0, 0.05) is 17.5 Å². The van der Waals surface area contributed by atoms with Crippen molar-refractivity contribution in [2.75, 3.05) is 0 Å². The minimum Gasteiger partial charge on any atom is -0.423 e. The van der Waals surface area contributed by atoms with Crippen LogP contribution in [0.2, 0.25) is 0 Å². The second-order valence-corrected chi connectivity index (χ2v) is 5.81. The lowest BCUT2D eigenvalue weighted by Crippen LogP contribution is -2.27. The molecule has 2 N–H and O–H groups in total. The van der Waals surface area contributed by atoms with Crippen molar-refractivity contribution in [2.45, 2.75) is 51.5 Å². The number of nitrogens with one attached hydrogen (secondary N) is 2. The van der Waals surface area contributed by atoms with Gasteiger partial charge in [-0.25, -0.2) is 0 Å². The van der Waals surface area contributed by atoms with Gasteiger partial charge in [-0.15, -0.1) is 10.2 Å². The summed E-state index contributed by atoms with van der Waals surface area (Å²) in [6.07, 6.45) is 2.33. The Morgan fingerprint density at radius 2 is 2.05 bits per heavy atom. The number of hydrogen-bond acceptors (Lipinski definition) is 5. The molecule has 1 fully saturated rings. The fourth-order valence-electron chi connectivity index (χ4n) is 2.04. The number of nitrogens with zero attached hydrogens (tertiary/aromatic N) is 3. The Hall–Kier alpha value is -2.18. The Morgan fingerprint density at radius 1 is 1.33 bits per heavy atom. The summed E-state index contributed by atoms with van der Waals surface area (Å²) < 4.78 is 5.53. The summed E-state index contributed by atoms with van der Waals surface area (Å²) in [5.41, 5.74) is 1.43. The lowest BCUT2D eigenvalue weighted by Gasteiger charge is -2.08. The third-order valence-electron chi connectivity index (χ3n) is 3.52. The standard InChI is InChI=1S/C14H19N5O2/c1-7(2)13-18-19-14(21-13)8(3)15-12(20)11-6-10(16-17-11)9-4-5-9/h6-9H,4-5H2,1-3H3,(H,15,20)(H,16,17)/t8-/m1/s1. The minimum atomic E-state index is -0.349. The first kappa shape index (κ1) is 13.8. The molecule has 0 aliphatic heterocycles. The molecule has 7 heteroatoms. The predicted octanol–water partition coefficient (Wildman–Crippen LogP) is 2.28. The van der Waals surface area contributed by atoms with Crippen LogP contribution in [0.3, 0.4) is 0 Å². The molecular weight excluding hydrogens is 270 g/mol. The van der Waals surface area contributed by atoms with E-state index < -0.39 is 0 Å². The van der Waals surface area contributed by atoms with Gasteiger partial charge in [0.05, 0.1) is 0 Å². The van der Waals surface area contributed by atoms with Crippen LogP contribution >= 0.6 is 0 Å². The average molecular weight is 289 g/mol. The molecule has 3 rings (SSSR count). The summed E-state index contributed by atoms with van der Waals surface area (Å²) in [6.45, 7) is 5.76. The Kier molecular flexibility index (Phi) is 3.48. The molecule has 21 heavy (non-hydrogen) atoms. The molecule has 1 aliphatic carbocycles. The Labute approximate surface area is 122 Å². The Morgan fingerprint density at radius 3 is 2.67 bits per heavy atom. The largest absolute Gasteiger partial charge is 0.423 e. The molecule has 1 aliphatic rings. The summed E-state index contributed by atoms with van der Waals surface area (Å²) in [4.78, 5) is 12.1. The summed E-state index contributed by atoms with van der Waals surface area (Å²) in [7, 11) is 0. The molecule has 1 amide bonds. The van der Waals surface area contributed by atoms with E-state index in [1.54, 1.807) is 0 Å². The van der Waals surface area contributed by atoms with Gasteiger partial charge in [-0.3, -0.25) is 9.89 Å². The first-order chi connectivity index (χ1) is 10.0. The second-order valence-electron chi connectivity index (χ2n) is 5.81. The number of aromatic nitrogens is 4. The van der Waals surface area contributed by atoms with Crippen LogP contribution in [0.5, 0.6) is 0 Å². The SMILES string of the molecule is CC(C)c1nnc([C@@H](C)NC(=O)c2cc(C3CC3)[nH]n2)o1. The van der Waals surface area contributed by atoms with Crippen LogP contribution in [0.1, 0.15) is 79.5 Å². The smallest absolute Gasteiger partial charge is 0.272 e. The zero-order valence-electron chi connectivity index (χ0n) is 12.4. The maximum absolute atomic E-state index is 12.1. The third kappa shape index (κ3) is 2.96. The van der Waals surface area contributed by atoms with Gasteiger partial charge in [0.25, 0.3) is 5.91 Å². The van der Waals surface area contributed by atoms with Gasteiger partial charge < -0.3 is 9.73 Å². The van der Waals surface area contributed by atoms with Crippen molar-refractivity contribution in [3.8, 4) is 0 Å². The maximum Gasteiger partial charge on any atom is 0.272 e. The number of rotatable bonds is 5. The highest BCUT2D eigenvalue weighted by Crippen LogP contribution is 2.39. The normalized spacial score (nSPS) is 16.2. The second kappa shape index (κ2) is 5.31. The van der Waals surface area contributed by atoms with Crippen LogP contribution in [-0.4, -0.2) is 26.3 Å². The summed E-state index contributed by atoms with van der Waals surface area (Å²) in [5.74, 6) is 1.45. The zero-order valence-corrected chi connectivity index (χ0v) is 12.4. The molecule has 0 unspecified atom stereocenters. The molecule has 0 saturated heterocycles. The van der Waals surface area contributed by atoms with E-state index in [2.05, 4.69) is 25.7 Å². The monoisotopic (exact) mass is 289 g/mol. The lowest BCUT2D eigenvalue weighted by molar-refractivity contribution is 0.0928. The number of aromatic amines is 1. The topological polar surface area (TPSA) is 96.7 Å². The summed E-state index contributed by atoms with van der Waals surface area (Å²) in [5, 5.41) is 17.7. The highest BCUT2D eigenvalue weighted by Gasteiger charge is 2.27. The zero-order chi connectivity index (χ0) is 15.0. The molecule has 7 nitrogen and oxygen atoms in total. The van der Waals surface area contributed by atoms with Crippen LogP contribution in [0.25, 0.3) is 0 Å². The number of amides is 1. The number of H-pyrrole nitrogens is 1. The quantitative estimate of drug-likeness (QED) is 0.880. The molecule has 0 radical (unpaired) electrons. The van der Waals surface area contributed by atoms with Crippen LogP contribution < -0.4 is 5.32 Å². The van der Waals surface area contributed by atoms with E-state index in [0.29, 0.717) is 23.4 Å². The van der Waals surface area contributed by atoms with Crippen molar-refractivity contribution in [3.63, 3.8) is 0 Å². The van der Waals surface area contributed by atoms with Crippen molar-refractivity contribution in [2.24, 2.45) is 0 Å².